The van der Waals surface area contributed by atoms with Gasteiger partial charge in [-0.1, -0.05) is 63.0 Å². The molecule has 0 aliphatic heterocycles. The molecule has 3 aromatic rings. The van der Waals surface area contributed by atoms with E-state index >= 15 is 0 Å². The maximum absolute atomic E-state index is 12.3. The standard InChI is InChI=1S/C34H46ClN5O8/c1-48-25-13-15-28-27(21-25)32(26-14-12-24(35)20-29(26)38-28)37-17-11-9-7-5-3-2-4-6-8-10-16-36-30(41)22-39(23-31(42)43)18-19-40(33(44)45)34(46)47/h12-15,20-21H,2-11,16-19,22-23H2,1H3,(H,36,41)(H,37,38)(H,42,43)(H,44,45)(H,46,47). The number of methoxy groups -OCH3 is 1. The molecular weight excluding hydrogens is 642 g/mol. The van der Waals surface area contributed by atoms with Crippen molar-refractivity contribution in [2.45, 2.75) is 64.2 Å². The molecule has 0 aliphatic rings. The predicted octanol–water partition coefficient (Wildman–Crippen LogP) is 6.52. The Labute approximate surface area is 285 Å². The number of carbonyl (C=O) groups is 4. The van der Waals surface area contributed by atoms with E-state index in [9.17, 15) is 19.2 Å². The van der Waals surface area contributed by atoms with Crippen molar-refractivity contribution in [3.8, 4) is 5.75 Å². The number of nitrogens with one attached hydrogen (secondary N) is 2. The molecule has 48 heavy (non-hydrogen) atoms. The Morgan fingerprint density at radius 3 is 1.98 bits per heavy atom. The summed E-state index contributed by atoms with van der Waals surface area (Å²) >= 11 is 6.23. The lowest BCUT2D eigenvalue weighted by molar-refractivity contribution is -0.138. The van der Waals surface area contributed by atoms with Crippen molar-refractivity contribution >= 4 is 63.2 Å². The zero-order valence-electron chi connectivity index (χ0n) is 27.4. The number of fused-ring (bicyclic) bond motifs is 2. The van der Waals surface area contributed by atoms with Gasteiger partial charge in [0.1, 0.15) is 5.75 Å². The molecule has 0 saturated carbocycles. The van der Waals surface area contributed by atoms with Crippen LogP contribution in [0, 0.1) is 0 Å². The molecule has 0 spiro atoms. The van der Waals surface area contributed by atoms with Crippen LogP contribution in [0.5, 0.6) is 5.75 Å². The van der Waals surface area contributed by atoms with Gasteiger partial charge in [-0.15, -0.1) is 0 Å². The number of nitrogens with zero attached hydrogens (tertiary/aromatic N) is 3. The van der Waals surface area contributed by atoms with Crippen LogP contribution < -0.4 is 15.4 Å². The van der Waals surface area contributed by atoms with Gasteiger partial charge >= 0.3 is 18.2 Å². The Morgan fingerprint density at radius 1 is 0.750 bits per heavy atom. The number of carboxylic acids is 1. The number of aromatic nitrogens is 1. The van der Waals surface area contributed by atoms with Gasteiger partial charge in [-0.2, -0.15) is 0 Å². The number of halogens is 1. The molecule has 262 valence electrons. The van der Waals surface area contributed by atoms with Crippen LogP contribution >= 0.6 is 11.6 Å². The Hall–Kier alpha value is -4.36. The number of hydrogen-bond acceptors (Lipinski definition) is 8. The van der Waals surface area contributed by atoms with Crippen molar-refractivity contribution in [3.05, 3.63) is 41.4 Å². The van der Waals surface area contributed by atoms with Gasteiger partial charge in [0.25, 0.3) is 0 Å². The van der Waals surface area contributed by atoms with Crippen LogP contribution in [-0.4, -0.2) is 101 Å². The topological polar surface area (TPSA) is 182 Å². The van der Waals surface area contributed by atoms with Crippen LogP contribution in [0.2, 0.25) is 5.02 Å². The summed E-state index contributed by atoms with van der Waals surface area (Å²) < 4.78 is 5.45. The van der Waals surface area contributed by atoms with Crippen LogP contribution in [0.3, 0.4) is 0 Å². The quantitative estimate of drug-likeness (QED) is 0.0572. The first-order chi connectivity index (χ1) is 23.1. The van der Waals surface area contributed by atoms with Crippen molar-refractivity contribution in [2.24, 2.45) is 0 Å². The highest BCUT2D eigenvalue weighted by Crippen LogP contribution is 2.34. The van der Waals surface area contributed by atoms with E-state index in [4.69, 9.17) is 36.6 Å². The number of ether oxygens (including phenoxy) is 1. The number of benzene rings is 2. The molecule has 0 radical (unpaired) electrons. The molecule has 0 bridgehead atoms. The Bertz CT molecular complexity index is 1520. The first-order valence-corrected chi connectivity index (χ1v) is 16.7. The third kappa shape index (κ3) is 12.7. The fourth-order valence-electron chi connectivity index (χ4n) is 5.50. The molecule has 14 heteroatoms. The van der Waals surface area contributed by atoms with Crippen molar-refractivity contribution in [1.29, 1.82) is 0 Å². The largest absolute Gasteiger partial charge is 0.497 e. The number of amides is 3. The van der Waals surface area contributed by atoms with Gasteiger partial charge in [0.2, 0.25) is 5.91 Å². The first kappa shape index (κ1) is 38.1. The number of rotatable bonds is 22. The van der Waals surface area contributed by atoms with Crippen molar-refractivity contribution < 1.29 is 39.2 Å². The predicted molar refractivity (Wildman–Crippen MR) is 185 cm³/mol. The van der Waals surface area contributed by atoms with Gasteiger partial charge in [-0.05, 0) is 49.2 Å². The van der Waals surface area contributed by atoms with E-state index in [2.05, 4.69) is 10.6 Å². The van der Waals surface area contributed by atoms with Crippen LogP contribution in [0.25, 0.3) is 21.8 Å². The third-order valence-electron chi connectivity index (χ3n) is 8.00. The number of anilines is 1. The summed E-state index contributed by atoms with van der Waals surface area (Å²) in [6, 6.07) is 11.7. The minimum Gasteiger partial charge on any atom is -0.497 e. The molecule has 1 heterocycles. The maximum atomic E-state index is 12.3. The minimum atomic E-state index is -1.66. The van der Waals surface area contributed by atoms with Crippen molar-refractivity contribution in [1.82, 2.24) is 20.1 Å². The van der Waals surface area contributed by atoms with E-state index in [0.717, 1.165) is 84.7 Å². The van der Waals surface area contributed by atoms with Gasteiger partial charge in [0.15, 0.2) is 0 Å². The van der Waals surface area contributed by atoms with E-state index in [-0.39, 0.29) is 18.0 Å². The van der Waals surface area contributed by atoms with Gasteiger partial charge in [0.05, 0.1) is 36.9 Å². The summed E-state index contributed by atoms with van der Waals surface area (Å²) in [7, 11) is 1.66. The van der Waals surface area contributed by atoms with Crippen LogP contribution in [0.1, 0.15) is 64.2 Å². The van der Waals surface area contributed by atoms with Gasteiger partial charge < -0.3 is 30.7 Å². The fraction of sp³-hybridized carbons (Fsp3) is 0.500. The summed E-state index contributed by atoms with van der Waals surface area (Å²) in [5, 5.41) is 36.0. The molecule has 2 aromatic carbocycles. The summed E-state index contributed by atoms with van der Waals surface area (Å²) in [5.41, 5.74) is 2.80. The second-order valence-corrected chi connectivity index (χ2v) is 12.1. The average molecular weight is 688 g/mol. The van der Waals surface area contributed by atoms with Crippen LogP contribution in [-0.2, 0) is 9.59 Å². The van der Waals surface area contributed by atoms with Gasteiger partial charge in [0, 0.05) is 42.0 Å². The Balaban J connectivity index is 1.25. The number of aliphatic carboxylic acids is 1. The van der Waals surface area contributed by atoms with E-state index < -0.39 is 37.2 Å². The Kier molecular flexibility index (Phi) is 16.0. The van der Waals surface area contributed by atoms with Gasteiger partial charge in [-0.3, -0.25) is 14.5 Å². The molecule has 0 unspecified atom stereocenters. The lowest BCUT2D eigenvalue weighted by atomic mass is 10.1. The number of hydrogen-bond donors (Lipinski definition) is 5. The lowest BCUT2D eigenvalue weighted by Crippen LogP contribution is -2.45. The highest BCUT2D eigenvalue weighted by atomic mass is 35.5. The third-order valence-corrected chi connectivity index (χ3v) is 8.23. The average Bonchev–Trinajstić information content (AvgIpc) is 3.03. The Morgan fingerprint density at radius 2 is 1.38 bits per heavy atom. The zero-order chi connectivity index (χ0) is 34.9. The molecule has 0 fully saturated rings. The second kappa shape index (κ2) is 20.1. The molecule has 3 amide bonds. The normalized spacial score (nSPS) is 11.1. The molecule has 3 rings (SSSR count). The molecule has 1 aromatic heterocycles. The fourth-order valence-corrected chi connectivity index (χ4v) is 5.66. The zero-order valence-corrected chi connectivity index (χ0v) is 28.1. The smallest absolute Gasteiger partial charge is 0.416 e. The maximum Gasteiger partial charge on any atom is 0.416 e. The number of unbranched alkanes of at least 4 members (excludes halogenated alkanes) is 9. The summed E-state index contributed by atoms with van der Waals surface area (Å²) in [5.74, 6) is -0.805. The number of carboxylic acid groups (broad SMARTS) is 3. The highest BCUT2D eigenvalue weighted by Gasteiger charge is 2.22. The van der Waals surface area contributed by atoms with E-state index in [1.54, 1.807) is 7.11 Å². The van der Waals surface area contributed by atoms with Crippen molar-refractivity contribution in [2.75, 3.05) is 51.7 Å². The van der Waals surface area contributed by atoms with E-state index in [1.165, 1.54) is 24.2 Å². The van der Waals surface area contributed by atoms with Crippen LogP contribution in [0.15, 0.2) is 36.4 Å². The van der Waals surface area contributed by atoms with E-state index in [0.29, 0.717) is 11.6 Å². The number of imide groups is 1. The monoisotopic (exact) mass is 687 g/mol. The second-order valence-electron chi connectivity index (χ2n) is 11.7. The number of pyridine rings is 1. The summed E-state index contributed by atoms with van der Waals surface area (Å²) in [6.45, 7) is -0.132. The molecule has 5 N–H and O–H groups in total. The number of carbonyl (C=O) groups excluding carboxylic acids is 1. The van der Waals surface area contributed by atoms with Gasteiger partial charge in [-0.25, -0.2) is 19.5 Å². The SMILES string of the molecule is COc1ccc2nc3cc(Cl)ccc3c(NCCCCCCCCCCCCNC(=O)CN(CCN(C(=O)O)C(=O)O)CC(=O)O)c2c1. The first-order valence-electron chi connectivity index (χ1n) is 16.3. The van der Waals surface area contributed by atoms with Crippen molar-refractivity contribution in [3.63, 3.8) is 0 Å². The van der Waals surface area contributed by atoms with E-state index in [1.807, 2.05) is 36.4 Å². The molecule has 0 atom stereocenters. The minimum absolute atomic E-state index is 0.147. The van der Waals surface area contributed by atoms with Crippen LogP contribution in [0.4, 0.5) is 15.3 Å². The molecule has 13 nitrogen and oxygen atoms in total. The summed E-state index contributed by atoms with van der Waals surface area (Å²) in [4.78, 5) is 51.5. The molecular formula is C34H46ClN5O8. The summed E-state index contributed by atoms with van der Waals surface area (Å²) in [6.07, 6.45) is 7.55. The highest BCUT2D eigenvalue weighted by molar-refractivity contribution is 6.31. The molecule has 0 saturated heterocycles. The molecule has 0 aliphatic carbocycles. The lowest BCUT2D eigenvalue weighted by Gasteiger charge is -2.22.